The SMILES string of the molecule is C/C=C/C.CN(C)C. The van der Waals surface area contributed by atoms with Crippen LogP contribution in [0.15, 0.2) is 12.2 Å². The van der Waals surface area contributed by atoms with Crippen molar-refractivity contribution in [1.82, 2.24) is 4.90 Å². The number of nitrogens with zero attached hydrogens (tertiary/aromatic N) is 1. The topological polar surface area (TPSA) is 3.24 Å². The molecule has 0 radical (unpaired) electrons. The molecule has 0 aromatic carbocycles. The summed E-state index contributed by atoms with van der Waals surface area (Å²) in [4.78, 5) is 2.00. The smallest absolute Gasteiger partial charge is 0.0140 e. The normalized spacial score (nSPS) is 9.25. The molecule has 50 valence electrons. The van der Waals surface area contributed by atoms with Gasteiger partial charge in [-0.15, -0.1) is 0 Å². The van der Waals surface area contributed by atoms with Crippen molar-refractivity contribution in [3.05, 3.63) is 12.2 Å². The highest BCUT2D eigenvalue weighted by molar-refractivity contribution is 4.68. The van der Waals surface area contributed by atoms with Gasteiger partial charge in [-0.05, 0) is 35.0 Å². The highest BCUT2D eigenvalue weighted by Crippen LogP contribution is 1.57. The summed E-state index contributed by atoms with van der Waals surface area (Å²) in [6, 6.07) is 0. The molecule has 0 N–H and O–H groups in total. The van der Waals surface area contributed by atoms with Crippen molar-refractivity contribution < 1.29 is 0 Å². The molecule has 0 saturated heterocycles. The lowest BCUT2D eigenvalue weighted by Crippen LogP contribution is -1.99. The first kappa shape index (κ1) is 10.6. The van der Waals surface area contributed by atoms with Crippen molar-refractivity contribution in [2.45, 2.75) is 13.8 Å². The molecule has 0 aliphatic heterocycles. The fourth-order valence-electron chi connectivity index (χ4n) is 0. The minimum atomic E-state index is 2.00. The van der Waals surface area contributed by atoms with Crippen LogP contribution in [0.25, 0.3) is 0 Å². The van der Waals surface area contributed by atoms with Gasteiger partial charge in [0.05, 0.1) is 0 Å². The van der Waals surface area contributed by atoms with Crippen molar-refractivity contribution in [3.8, 4) is 0 Å². The number of hydrogen-bond donors (Lipinski definition) is 0. The zero-order valence-electron chi connectivity index (χ0n) is 6.60. The molecule has 0 aliphatic rings. The van der Waals surface area contributed by atoms with Crippen LogP contribution in [0.2, 0.25) is 0 Å². The van der Waals surface area contributed by atoms with Gasteiger partial charge in [0.1, 0.15) is 0 Å². The van der Waals surface area contributed by atoms with Crippen LogP contribution >= 0.6 is 0 Å². The van der Waals surface area contributed by atoms with Gasteiger partial charge in [0.25, 0.3) is 0 Å². The Labute approximate surface area is 53.0 Å². The molecule has 0 fully saturated rings. The zero-order chi connectivity index (χ0) is 6.99. The summed E-state index contributed by atoms with van der Waals surface area (Å²) in [7, 11) is 6.00. The van der Waals surface area contributed by atoms with Crippen LogP contribution < -0.4 is 0 Å². The first-order valence-corrected chi connectivity index (χ1v) is 2.83. The maximum Gasteiger partial charge on any atom is -0.0140 e. The molecule has 0 bridgehead atoms. The minimum Gasteiger partial charge on any atom is -0.312 e. The van der Waals surface area contributed by atoms with Gasteiger partial charge in [0.2, 0.25) is 0 Å². The van der Waals surface area contributed by atoms with E-state index in [-0.39, 0.29) is 0 Å². The molecule has 0 amide bonds. The molecule has 0 saturated carbocycles. The van der Waals surface area contributed by atoms with E-state index in [1.54, 1.807) is 0 Å². The van der Waals surface area contributed by atoms with Crippen LogP contribution in [0.1, 0.15) is 13.8 Å². The van der Waals surface area contributed by atoms with E-state index in [0.717, 1.165) is 0 Å². The monoisotopic (exact) mass is 115 g/mol. The third-order valence-corrected chi connectivity index (χ3v) is 0.333. The molecule has 0 aromatic rings. The van der Waals surface area contributed by atoms with Crippen LogP contribution in [-0.4, -0.2) is 26.0 Å². The second-order valence-electron chi connectivity index (χ2n) is 2.01. The van der Waals surface area contributed by atoms with Crippen molar-refractivity contribution in [1.29, 1.82) is 0 Å². The molecule has 0 heterocycles. The van der Waals surface area contributed by atoms with E-state index in [1.165, 1.54) is 0 Å². The van der Waals surface area contributed by atoms with Crippen LogP contribution in [0.4, 0.5) is 0 Å². The van der Waals surface area contributed by atoms with Crippen molar-refractivity contribution in [2.24, 2.45) is 0 Å². The van der Waals surface area contributed by atoms with E-state index in [2.05, 4.69) is 0 Å². The minimum absolute atomic E-state index is 2.00. The Hall–Kier alpha value is -0.300. The Kier molecular flexibility index (Phi) is 13.1. The maximum absolute atomic E-state index is 2.00. The average Bonchev–Trinajstić information content (AvgIpc) is 1.65. The van der Waals surface area contributed by atoms with Gasteiger partial charge in [-0.1, -0.05) is 12.2 Å². The summed E-state index contributed by atoms with van der Waals surface area (Å²) in [5.74, 6) is 0. The third-order valence-electron chi connectivity index (χ3n) is 0.333. The van der Waals surface area contributed by atoms with E-state index in [0.29, 0.717) is 0 Å². The van der Waals surface area contributed by atoms with E-state index in [4.69, 9.17) is 0 Å². The number of rotatable bonds is 0. The molecule has 0 atom stereocenters. The number of hydrogen-bond acceptors (Lipinski definition) is 1. The van der Waals surface area contributed by atoms with Crippen LogP contribution in [0.3, 0.4) is 0 Å². The van der Waals surface area contributed by atoms with Gasteiger partial charge in [0, 0.05) is 0 Å². The lowest BCUT2D eigenvalue weighted by Gasteiger charge is -1.90. The van der Waals surface area contributed by atoms with Crippen LogP contribution in [-0.2, 0) is 0 Å². The van der Waals surface area contributed by atoms with Gasteiger partial charge in [-0.25, -0.2) is 0 Å². The highest BCUT2D eigenvalue weighted by atomic mass is 15.0. The average molecular weight is 115 g/mol. The van der Waals surface area contributed by atoms with Crippen LogP contribution in [0.5, 0.6) is 0 Å². The lowest BCUT2D eigenvalue weighted by molar-refractivity contribution is 0.505. The zero-order valence-corrected chi connectivity index (χ0v) is 6.60. The van der Waals surface area contributed by atoms with Gasteiger partial charge >= 0.3 is 0 Å². The molecule has 0 rings (SSSR count). The molecular weight excluding hydrogens is 98.1 g/mol. The molecular formula is C7H17N. The lowest BCUT2D eigenvalue weighted by atomic mass is 10.6. The molecule has 8 heavy (non-hydrogen) atoms. The summed E-state index contributed by atoms with van der Waals surface area (Å²) >= 11 is 0. The highest BCUT2D eigenvalue weighted by Gasteiger charge is 1.58. The summed E-state index contributed by atoms with van der Waals surface area (Å²) in [6.45, 7) is 4.00. The quantitative estimate of drug-likeness (QED) is 0.435. The van der Waals surface area contributed by atoms with Crippen molar-refractivity contribution in [3.63, 3.8) is 0 Å². The summed E-state index contributed by atoms with van der Waals surface area (Å²) < 4.78 is 0. The predicted molar refractivity (Wildman–Crippen MR) is 40.1 cm³/mol. The molecule has 1 nitrogen and oxygen atoms in total. The Bertz CT molecular complexity index is 39.6. The number of allylic oxidation sites excluding steroid dienone is 2. The fraction of sp³-hybridized carbons (Fsp3) is 0.714. The summed E-state index contributed by atoms with van der Waals surface area (Å²) in [5.41, 5.74) is 0. The van der Waals surface area contributed by atoms with Gasteiger partial charge in [-0.3, -0.25) is 0 Å². The van der Waals surface area contributed by atoms with Crippen molar-refractivity contribution >= 4 is 0 Å². The summed E-state index contributed by atoms with van der Waals surface area (Å²) in [5, 5.41) is 0. The van der Waals surface area contributed by atoms with E-state index < -0.39 is 0 Å². The Morgan fingerprint density at radius 2 is 1.00 bits per heavy atom. The first-order valence-electron chi connectivity index (χ1n) is 2.83. The standard InChI is InChI=1S/C4H8.C3H9N/c1-3-4-2;1-4(2)3/h3-4H,1-2H3;1-3H3/b4-3+;. The Balaban J connectivity index is 0. The molecule has 0 aromatic heterocycles. The van der Waals surface area contributed by atoms with E-state index >= 15 is 0 Å². The summed E-state index contributed by atoms with van der Waals surface area (Å²) in [6.07, 6.45) is 4.00. The fourth-order valence-corrected chi connectivity index (χ4v) is 0. The van der Waals surface area contributed by atoms with Crippen LogP contribution in [0, 0.1) is 0 Å². The third kappa shape index (κ3) is 257. The molecule has 0 unspecified atom stereocenters. The van der Waals surface area contributed by atoms with Gasteiger partial charge in [-0.2, -0.15) is 0 Å². The second kappa shape index (κ2) is 9.85. The second-order valence-corrected chi connectivity index (χ2v) is 2.01. The first-order chi connectivity index (χ1) is 3.65. The van der Waals surface area contributed by atoms with E-state index in [1.807, 2.05) is 52.0 Å². The van der Waals surface area contributed by atoms with Crippen molar-refractivity contribution in [2.75, 3.05) is 21.1 Å². The van der Waals surface area contributed by atoms with Gasteiger partial charge < -0.3 is 4.90 Å². The largest absolute Gasteiger partial charge is 0.312 e. The Morgan fingerprint density at radius 1 is 0.875 bits per heavy atom. The van der Waals surface area contributed by atoms with E-state index in [9.17, 15) is 0 Å². The van der Waals surface area contributed by atoms with Gasteiger partial charge in [0.15, 0.2) is 0 Å². The maximum atomic E-state index is 2.00. The predicted octanol–water partition coefficient (Wildman–Crippen LogP) is 1.76. The Morgan fingerprint density at radius 3 is 1.00 bits per heavy atom. The molecule has 0 spiro atoms. The molecule has 0 aliphatic carbocycles. The molecule has 1 heteroatoms.